The zero-order chi connectivity index (χ0) is 14.1. The van der Waals surface area contributed by atoms with Crippen molar-refractivity contribution in [3.8, 4) is 0 Å². The van der Waals surface area contributed by atoms with Gasteiger partial charge in [-0.2, -0.15) is 0 Å². The molecular weight excluding hydrogens is 293 g/mol. The Kier molecular flexibility index (Phi) is 3.55. The number of para-hydroxylation sites is 1. The zero-order valence-electron chi connectivity index (χ0n) is 10.6. The quantitative estimate of drug-likeness (QED) is 0.915. The molecule has 5 heteroatoms. The van der Waals surface area contributed by atoms with Crippen LogP contribution in [0.4, 0.5) is 5.69 Å². The Morgan fingerprint density at radius 1 is 1.05 bits per heavy atom. The summed E-state index contributed by atoms with van der Waals surface area (Å²) < 4.78 is 0. The Morgan fingerprint density at radius 2 is 1.80 bits per heavy atom. The van der Waals surface area contributed by atoms with Gasteiger partial charge < -0.3 is 10.6 Å². The van der Waals surface area contributed by atoms with Gasteiger partial charge in [0.05, 0.1) is 22.6 Å². The van der Waals surface area contributed by atoms with Gasteiger partial charge in [-0.15, -0.1) is 0 Å². The van der Waals surface area contributed by atoms with E-state index in [4.69, 9.17) is 28.9 Å². The van der Waals surface area contributed by atoms with Gasteiger partial charge >= 0.3 is 0 Å². The van der Waals surface area contributed by atoms with Crippen LogP contribution in [0, 0.1) is 0 Å². The summed E-state index contributed by atoms with van der Waals surface area (Å²) in [5.41, 5.74) is 7.96. The summed E-state index contributed by atoms with van der Waals surface area (Å²) in [5, 5.41) is 1.10. The molecule has 0 amide bonds. The Morgan fingerprint density at radius 3 is 2.55 bits per heavy atom. The first-order chi connectivity index (χ1) is 9.68. The second-order valence-electron chi connectivity index (χ2n) is 4.56. The van der Waals surface area contributed by atoms with Gasteiger partial charge in [0.1, 0.15) is 0 Å². The summed E-state index contributed by atoms with van der Waals surface area (Å²) in [6.07, 6.45) is 0. The van der Waals surface area contributed by atoms with Crippen LogP contribution in [0.3, 0.4) is 0 Å². The van der Waals surface area contributed by atoms with E-state index in [0.29, 0.717) is 22.5 Å². The molecule has 3 rings (SSSR count). The molecule has 0 saturated carbocycles. The summed E-state index contributed by atoms with van der Waals surface area (Å²) in [6, 6.07) is 15.5. The van der Waals surface area contributed by atoms with Gasteiger partial charge in [0.2, 0.25) is 0 Å². The third kappa shape index (κ3) is 2.23. The number of benzene rings is 2. The van der Waals surface area contributed by atoms with Gasteiger partial charge in [0.25, 0.3) is 0 Å². The van der Waals surface area contributed by atoms with Crippen molar-refractivity contribution in [3.63, 3.8) is 0 Å². The Hall–Kier alpha value is -1.71. The van der Waals surface area contributed by atoms with Crippen LogP contribution < -0.4 is 10.6 Å². The summed E-state index contributed by atoms with van der Waals surface area (Å²) in [7, 11) is 0. The van der Waals surface area contributed by atoms with Crippen molar-refractivity contribution >= 4 is 34.8 Å². The largest absolute Gasteiger partial charge is 0.369 e. The first-order valence-corrected chi connectivity index (χ1v) is 7.02. The van der Waals surface area contributed by atoms with Crippen LogP contribution in [0.1, 0.15) is 11.6 Å². The lowest BCUT2D eigenvalue weighted by atomic mass is 10.1. The minimum Gasteiger partial charge on any atom is -0.369 e. The summed E-state index contributed by atoms with van der Waals surface area (Å²) in [6.45, 7) is 0.570. The highest BCUT2D eigenvalue weighted by Gasteiger charge is 2.30. The van der Waals surface area contributed by atoms with E-state index in [9.17, 15) is 0 Å². The fraction of sp³-hybridized carbons (Fsp3) is 0.133. The van der Waals surface area contributed by atoms with Crippen molar-refractivity contribution in [2.75, 3.05) is 11.4 Å². The van der Waals surface area contributed by atoms with Gasteiger partial charge in [-0.3, -0.25) is 4.99 Å². The van der Waals surface area contributed by atoms with E-state index < -0.39 is 0 Å². The zero-order valence-corrected chi connectivity index (χ0v) is 12.1. The maximum absolute atomic E-state index is 6.32. The van der Waals surface area contributed by atoms with Crippen LogP contribution >= 0.6 is 23.2 Å². The maximum Gasteiger partial charge on any atom is 0.196 e. The summed E-state index contributed by atoms with van der Waals surface area (Å²) in [5.74, 6) is 0.497. The highest BCUT2D eigenvalue weighted by atomic mass is 35.5. The normalized spacial score (nSPS) is 18.2. The molecule has 3 nitrogen and oxygen atoms in total. The standard InChI is InChI=1S/C15H13Cl2N3/c16-12-8-4-7-11(14(12)17)13-9-19-15(18)20(13)10-5-2-1-3-6-10/h1-8,13H,9H2,(H2,18,19). The highest BCUT2D eigenvalue weighted by molar-refractivity contribution is 6.42. The van der Waals surface area contributed by atoms with Gasteiger partial charge in [-0.25, -0.2) is 0 Å². The summed E-state index contributed by atoms with van der Waals surface area (Å²) in [4.78, 5) is 6.32. The number of hydrogen-bond acceptors (Lipinski definition) is 3. The first kappa shape index (κ1) is 13.3. The number of nitrogens with zero attached hydrogens (tertiary/aromatic N) is 2. The molecule has 20 heavy (non-hydrogen) atoms. The number of rotatable bonds is 2. The average Bonchev–Trinajstić information content (AvgIpc) is 2.84. The topological polar surface area (TPSA) is 41.6 Å². The molecule has 0 aromatic heterocycles. The maximum atomic E-state index is 6.32. The second-order valence-corrected chi connectivity index (χ2v) is 5.35. The number of halogens is 2. The molecule has 0 fully saturated rings. The molecule has 0 bridgehead atoms. The number of hydrogen-bond donors (Lipinski definition) is 1. The van der Waals surface area contributed by atoms with E-state index in [1.807, 2.05) is 47.4 Å². The van der Waals surface area contributed by atoms with Crippen LogP contribution in [0.25, 0.3) is 0 Å². The van der Waals surface area contributed by atoms with E-state index >= 15 is 0 Å². The van der Waals surface area contributed by atoms with Crippen LogP contribution in [-0.2, 0) is 0 Å². The number of aliphatic imine (C=N–C) groups is 1. The van der Waals surface area contributed by atoms with Crippen LogP contribution in [-0.4, -0.2) is 12.5 Å². The molecule has 102 valence electrons. The second kappa shape index (κ2) is 5.35. The molecule has 0 spiro atoms. The van der Waals surface area contributed by atoms with E-state index in [-0.39, 0.29) is 6.04 Å². The Labute approximate surface area is 127 Å². The lowest BCUT2D eigenvalue weighted by Crippen LogP contribution is -2.36. The summed E-state index contributed by atoms with van der Waals surface area (Å²) >= 11 is 12.4. The van der Waals surface area contributed by atoms with Gasteiger partial charge in [0, 0.05) is 5.69 Å². The molecule has 2 aromatic carbocycles. The molecular formula is C15H13Cl2N3. The predicted octanol–water partition coefficient (Wildman–Crippen LogP) is 3.87. The predicted molar refractivity (Wildman–Crippen MR) is 84.6 cm³/mol. The van der Waals surface area contributed by atoms with Gasteiger partial charge in [-0.1, -0.05) is 53.5 Å². The molecule has 1 heterocycles. The Balaban J connectivity index is 2.04. The van der Waals surface area contributed by atoms with Crippen molar-refractivity contribution in [2.45, 2.75) is 6.04 Å². The Bertz CT molecular complexity index is 655. The fourth-order valence-electron chi connectivity index (χ4n) is 2.41. The third-order valence-electron chi connectivity index (χ3n) is 3.36. The van der Waals surface area contributed by atoms with Crippen LogP contribution in [0.2, 0.25) is 10.0 Å². The molecule has 1 unspecified atom stereocenters. The van der Waals surface area contributed by atoms with E-state index in [1.165, 1.54) is 0 Å². The van der Waals surface area contributed by atoms with Crippen LogP contribution in [0.5, 0.6) is 0 Å². The molecule has 0 saturated heterocycles. The SMILES string of the molecule is NC1=NCC(c2cccc(Cl)c2Cl)N1c1ccccc1. The van der Waals surface area contributed by atoms with Crippen molar-refractivity contribution < 1.29 is 0 Å². The minimum absolute atomic E-state index is 0.0244. The smallest absolute Gasteiger partial charge is 0.196 e. The monoisotopic (exact) mass is 305 g/mol. The lowest BCUT2D eigenvalue weighted by Gasteiger charge is -2.27. The first-order valence-electron chi connectivity index (χ1n) is 6.26. The average molecular weight is 306 g/mol. The minimum atomic E-state index is -0.0244. The van der Waals surface area contributed by atoms with Crippen molar-refractivity contribution in [2.24, 2.45) is 10.7 Å². The molecule has 1 aliphatic heterocycles. The van der Waals surface area contributed by atoms with Crippen molar-refractivity contribution in [1.82, 2.24) is 0 Å². The van der Waals surface area contributed by atoms with E-state index in [2.05, 4.69) is 4.99 Å². The van der Waals surface area contributed by atoms with Crippen LogP contribution in [0.15, 0.2) is 53.5 Å². The van der Waals surface area contributed by atoms with Gasteiger partial charge in [-0.05, 0) is 23.8 Å². The lowest BCUT2D eigenvalue weighted by molar-refractivity contribution is 0.769. The molecule has 1 atom stereocenters. The van der Waals surface area contributed by atoms with E-state index in [1.54, 1.807) is 6.07 Å². The number of guanidine groups is 1. The molecule has 0 radical (unpaired) electrons. The van der Waals surface area contributed by atoms with Crippen molar-refractivity contribution in [1.29, 1.82) is 0 Å². The third-order valence-corrected chi connectivity index (χ3v) is 4.19. The van der Waals surface area contributed by atoms with E-state index in [0.717, 1.165) is 11.3 Å². The molecule has 1 aliphatic rings. The molecule has 2 aromatic rings. The molecule has 0 aliphatic carbocycles. The molecule has 2 N–H and O–H groups in total. The number of nitrogens with two attached hydrogens (primary N) is 1. The van der Waals surface area contributed by atoms with Crippen molar-refractivity contribution in [3.05, 3.63) is 64.1 Å². The highest BCUT2D eigenvalue weighted by Crippen LogP contribution is 2.37. The van der Waals surface area contributed by atoms with Gasteiger partial charge in [0.15, 0.2) is 5.96 Å². The number of anilines is 1. The fourth-order valence-corrected chi connectivity index (χ4v) is 2.85.